The van der Waals surface area contributed by atoms with Crippen LogP contribution in [0, 0.1) is 17.8 Å². The van der Waals surface area contributed by atoms with Crippen LogP contribution in [-0.4, -0.2) is 24.3 Å². The van der Waals surface area contributed by atoms with Crippen molar-refractivity contribution in [1.29, 1.82) is 0 Å². The molecule has 0 aromatic carbocycles. The van der Waals surface area contributed by atoms with Gasteiger partial charge < -0.3 is 9.47 Å². The van der Waals surface area contributed by atoms with E-state index in [-0.39, 0.29) is 5.79 Å². The van der Waals surface area contributed by atoms with Crippen LogP contribution in [0.5, 0.6) is 0 Å². The Morgan fingerprint density at radius 3 is 1.93 bits per heavy atom. The summed E-state index contributed by atoms with van der Waals surface area (Å²) in [6.45, 7) is 0. The SMILES string of the molecule is COC1(OC)[C@@H]2CC3C[C@H]1CC(Br)(C3)C2. The second-order valence-corrected chi connectivity index (χ2v) is 7.31. The third-order valence-electron chi connectivity index (χ3n) is 4.89. The molecule has 15 heavy (non-hydrogen) atoms. The zero-order valence-electron chi connectivity index (χ0n) is 9.46. The van der Waals surface area contributed by atoms with Crippen LogP contribution in [0.2, 0.25) is 0 Å². The maximum Gasteiger partial charge on any atom is 0.173 e. The van der Waals surface area contributed by atoms with Crippen LogP contribution in [0.15, 0.2) is 0 Å². The van der Waals surface area contributed by atoms with Gasteiger partial charge in [-0.05, 0) is 38.0 Å². The summed E-state index contributed by atoms with van der Waals surface area (Å²) >= 11 is 3.96. The smallest absolute Gasteiger partial charge is 0.173 e. The summed E-state index contributed by atoms with van der Waals surface area (Å²) in [6.07, 6.45) is 6.41. The Morgan fingerprint density at radius 2 is 1.53 bits per heavy atom. The Bertz CT molecular complexity index is 257. The molecule has 0 amide bonds. The van der Waals surface area contributed by atoms with E-state index in [1.807, 2.05) is 14.2 Å². The van der Waals surface area contributed by atoms with Gasteiger partial charge in [-0.3, -0.25) is 0 Å². The molecule has 4 aliphatic rings. The first-order valence-electron chi connectivity index (χ1n) is 5.91. The molecule has 4 saturated carbocycles. The van der Waals surface area contributed by atoms with Crippen molar-refractivity contribution < 1.29 is 9.47 Å². The molecule has 0 aliphatic heterocycles. The van der Waals surface area contributed by atoms with Gasteiger partial charge in [-0.1, -0.05) is 15.9 Å². The molecule has 2 unspecified atom stereocenters. The summed E-state index contributed by atoms with van der Waals surface area (Å²) in [4.78, 5) is 0. The lowest BCUT2D eigenvalue weighted by Gasteiger charge is -2.62. The predicted octanol–water partition coefficient (Wildman–Crippen LogP) is 2.95. The van der Waals surface area contributed by atoms with Crippen LogP contribution >= 0.6 is 15.9 Å². The quantitative estimate of drug-likeness (QED) is 0.570. The van der Waals surface area contributed by atoms with Crippen molar-refractivity contribution in [2.75, 3.05) is 14.2 Å². The molecule has 0 heterocycles. The van der Waals surface area contributed by atoms with Gasteiger partial charge in [0.05, 0.1) is 0 Å². The minimum absolute atomic E-state index is 0.270. The van der Waals surface area contributed by atoms with E-state index in [1.54, 1.807) is 0 Å². The highest BCUT2D eigenvalue weighted by Gasteiger charge is 2.62. The lowest BCUT2D eigenvalue weighted by atomic mass is 9.53. The average molecular weight is 275 g/mol. The van der Waals surface area contributed by atoms with E-state index < -0.39 is 0 Å². The van der Waals surface area contributed by atoms with Gasteiger partial charge in [0.2, 0.25) is 0 Å². The van der Waals surface area contributed by atoms with E-state index in [0.717, 1.165) is 5.92 Å². The van der Waals surface area contributed by atoms with Crippen LogP contribution in [0.25, 0.3) is 0 Å². The number of ether oxygens (including phenoxy) is 2. The number of hydrogen-bond acceptors (Lipinski definition) is 2. The predicted molar refractivity (Wildman–Crippen MR) is 62.0 cm³/mol. The molecule has 4 rings (SSSR count). The van der Waals surface area contributed by atoms with Gasteiger partial charge in [-0.15, -0.1) is 0 Å². The second-order valence-electron chi connectivity index (χ2n) is 5.62. The van der Waals surface area contributed by atoms with Crippen LogP contribution in [0.4, 0.5) is 0 Å². The summed E-state index contributed by atoms with van der Waals surface area (Å²) < 4.78 is 11.9. The van der Waals surface area contributed by atoms with Gasteiger partial charge in [0.1, 0.15) is 0 Å². The van der Waals surface area contributed by atoms with E-state index in [4.69, 9.17) is 9.47 Å². The number of alkyl halides is 1. The normalized spacial score (nSPS) is 51.0. The number of methoxy groups -OCH3 is 2. The fourth-order valence-electron chi connectivity index (χ4n) is 4.58. The summed E-state index contributed by atoms with van der Waals surface area (Å²) in [5.41, 5.74) is 0. The molecule has 0 N–H and O–H groups in total. The van der Waals surface area contributed by atoms with E-state index in [9.17, 15) is 0 Å². The molecule has 0 radical (unpaired) electrons. The number of hydrogen-bond donors (Lipinski definition) is 0. The highest BCUT2D eigenvalue weighted by atomic mass is 79.9. The molecular weight excluding hydrogens is 256 g/mol. The van der Waals surface area contributed by atoms with Gasteiger partial charge in [0.25, 0.3) is 0 Å². The first kappa shape index (κ1) is 10.5. The minimum Gasteiger partial charge on any atom is -0.353 e. The molecule has 4 atom stereocenters. The third kappa shape index (κ3) is 1.29. The van der Waals surface area contributed by atoms with E-state index in [1.165, 1.54) is 32.1 Å². The van der Waals surface area contributed by atoms with E-state index in [0.29, 0.717) is 16.2 Å². The van der Waals surface area contributed by atoms with Crippen molar-refractivity contribution in [2.45, 2.75) is 42.2 Å². The van der Waals surface area contributed by atoms with Crippen molar-refractivity contribution >= 4 is 15.9 Å². The van der Waals surface area contributed by atoms with Gasteiger partial charge in [-0.25, -0.2) is 0 Å². The third-order valence-corrected chi connectivity index (χ3v) is 5.86. The Hall–Kier alpha value is 0.400. The molecule has 2 nitrogen and oxygen atoms in total. The van der Waals surface area contributed by atoms with Crippen molar-refractivity contribution in [3.63, 3.8) is 0 Å². The lowest BCUT2D eigenvalue weighted by molar-refractivity contribution is -0.315. The molecule has 4 fully saturated rings. The molecule has 86 valence electrons. The Labute approximate surface area is 99.8 Å². The highest BCUT2D eigenvalue weighted by molar-refractivity contribution is 9.10. The van der Waals surface area contributed by atoms with E-state index in [2.05, 4.69) is 15.9 Å². The Morgan fingerprint density at radius 1 is 1.00 bits per heavy atom. The molecule has 0 saturated heterocycles. The average Bonchev–Trinajstić information content (AvgIpc) is 2.16. The summed E-state index contributed by atoms with van der Waals surface area (Å²) in [5, 5.41) is 0. The standard InChI is InChI=1S/C12H19BrO2/c1-14-12(15-2)9-3-8-4-10(12)7-11(13,5-8)6-9/h8-10H,3-7H2,1-2H3/t8?,9-,10+,11?. The Kier molecular flexibility index (Phi) is 2.25. The van der Waals surface area contributed by atoms with Crippen LogP contribution in [-0.2, 0) is 9.47 Å². The van der Waals surface area contributed by atoms with Crippen LogP contribution < -0.4 is 0 Å². The van der Waals surface area contributed by atoms with Gasteiger partial charge in [0.15, 0.2) is 5.79 Å². The zero-order chi connectivity index (χ0) is 10.7. The van der Waals surface area contributed by atoms with Gasteiger partial charge >= 0.3 is 0 Å². The van der Waals surface area contributed by atoms with Crippen molar-refractivity contribution in [3.8, 4) is 0 Å². The fraction of sp³-hybridized carbons (Fsp3) is 1.00. The lowest BCUT2D eigenvalue weighted by Crippen LogP contribution is -2.63. The van der Waals surface area contributed by atoms with Gasteiger partial charge in [0, 0.05) is 30.4 Å². The largest absolute Gasteiger partial charge is 0.353 e. The molecule has 0 aromatic heterocycles. The van der Waals surface area contributed by atoms with Crippen molar-refractivity contribution in [3.05, 3.63) is 0 Å². The van der Waals surface area contributed by atoms with Crippen molar-refractivity contribution in [2.24, 2.45) is 17.8 Å². The fourth-order valence-corrected chi connectivity index (χ4v) is 5.82. The van der Waals surface area contributed by atoms with Gasteiger partial charge in [-0.2, -0.15) is 0 Å². The molecule has 3 heteroatoms. The van der Waals surface area contributed by atoms with Crippen molar-refractivity contribution in [1.82, 2.24) is 0 Å². The maximum absolute atomic E-state index is 5.77. The molecule has 4 bridgehead atoms. The molecule has 0 aromatic rings. The summed E-state index contributed by atoms with van der Waals surface area (Å²) in [7, 11) is 3.62. The van der Waals surface area contributed by atoms with Crippen LogP contribution in [0.3, 0.4) is 0 Å². The Balaban J connectivity index is 1.96. The summed E-state index contributed by atoms with van der Waals surface area (Å²) in [6, 6.07) is 0. The minimum atomic E-state index is -0.270. The molecule has 4 aliphatic carbocycles. The first-order chi connectivity index (χ1) is 7.12. The second kappa shape index (κ2) is 3.21. The van der Waals surface area contributed by atoms with E-state index >= 15 is 0 Å². The molecular formula is C12H19BrO2. The first-order valence-corrected chi connectivity index (χ1v) is 6.70. The van der Waals surface area contributed by atoms with Crippen LogP contribution in [0.1, 0.15) is 32.1 Å². The topological polar surface area (TPSA) is 18.5 Å². The number of rotatable bonds is 2. The monoisotopic (exact) mass is 274 g/mol. The maximum atomic E-state index is 5.77. The highest BCUT2D eigenvalue weighted by Crippen LogP contribution is 2.63. The zero-order valence-corrected chi connectivity index (χ0v) is 11.0. The summed E-state index contributed by atoms with van der Waals surface area (Å²) in [5.74, 6) is 1.82. The molecule has 0 spiro atoms. The number of halogens is 1.